The summed E-state index contributed by atoms with van der Waals surface area (Å²) in [4.78, 5) is 15.6. The first-order valence-electron chi connectivity index (χ1n) is 4.46. The molecule has 0 saturated carbocycles. The van der Waals surface area contributed by atoms with Crippen molar-refractivity contribution in [1.82, 2.24) is 15.2 Å². The fraction of sp³-hybridized carbons (Fsp3) is 0. The highest BCUT2D eigenvalue weighted by atomic mass is 127. The van der Waals surface area contributed by atoms with E-state index in [1.54, 1.807) is 12.1 Å². The number of carbonyl (C=O) groups is 1. The lowest BCUT2D eigenvalue weighted by molar-refractivity contribution is 0.102. The molecule has 0 fully saturated rings. The monoisotopic (exact) mass is 326 g/mol. The summed E-state index contributed by atoms with van der Waals surface area (Å²) < 4.78 is 0.998. The summed E-state index contributed by atoms with van der Waals surface area (Å²) in [5.41, 5.74) is 0.569. The predicted molar refractivity (Wildman–Crippen MR) is 66.9 cm³/mol. The lowest BCUT2D eigenvalue weighted by Gasteiger charge is -2.02. The number of rotatable bonds is 2. The van der Waals surface area contributed by atoms with E-state index in [2.05, 4.69) is 43.1 Å². The topological polar surface area (TPSA) is 67.8 Å². The highest BCUT2D eigenvalue weighted by Gasteiger charge is 2.07. The molecule has 1 amide bonds. The highest BCUT2D eigenvalue weighted by Crippen LogP contribution is 2.08. The fourth-order valence-electron chi connectivity index (χ4n) is 1.11. The van der Waals surface area contributed by atoms with Gasteiger partial charge in [0, 0.05) is 9.13 Å². The van der Waals surface area contributed by atoms with Crippen LogP contribution in [0.4, 0.5) is 5.95 Å². The number of carbonyl (C=O) groups excluding carboxylic acids is 1. The van der Waals surface area contributed by atoms with E-state index in [4.69, 9.17) is 0 Å². The predicted octanol–water partition coefficient (Wildman–Crippen LogP) is 1.73. The molecule has 0 spiro atoms. The van der Waals surface area contributed by atoms with Crippen LogP contribution in [0.2, 0.25) is 0 Å². The van der Waals surface area contributed by atoms with Gasteiger partial charge in [0.2, 0.25) is 5.95 Å². The molecule has 0 radical (unpaired) electrons. The number of hydrogen-bond acceptors (Lipinski definition) is 4. The molecular formula is C10H7IN4O. The van der Waals surface area contributed by atoms with Gasteiger partial charge in [-0.1, -0.05) is 6.07 Å². The number of amides is 1. The van der Waals surface area contributed by atoms with Crippen LogP contribution >= 0.6 is 22.6 Å². The van der Waals surface area contributed by atoms with Crippen molar-refractivity contribution >= 4 is 34.4 Å². The number of anilines is 1. The van der Waals surface area contributed by atoms with E-state index in [0.29, 0.717) is 5.56 Å². The lowest BCUT2D eigenvalue weighted by atomic mass is 10.2. The van der Waals surface area contributed by atoms with Gasteiger partial charge in [0.15, 0.2) is 0 Å². The van der Waals surface area contributed by atoms with E-state index >= 15 is 0 Å². The van der Waals surface area contributed by atoms with Crippen LogP contribution in [0, 0.1) is 3.57 Å². The molecule has 0 atom stereocenters. The maximum absolute atomic E-state index is 11.7. The molecule has 16 heavy (non-hydrogen) atoms. The Bertz CT molecular complexity index is 503. The Morgan fingerprint density at radius 1 is 1.31 bits per heavy atom. The second kappa shape index (κ2) is 4.97. The second-order valence-electron chi connectivity index (χ2n) is 2.93. The van der Waals surface area contributed by atoms with E-state index in [1.807, 2.05) is 12.1 Å². The maximum Gasteiger partial charge on any atom is 0.258 e. The van der Waals surface area contributed by atoms with Gasteiger partial charge < -0.3 is 0 Å². The Balaban J connectivity index is 2.15. The largest absolute Gasteiger partial charge is 0.289 e. The summed E-state index contributed by atoms with van der Waals surface area (Å²) >= 11 is 2.15. The third-order valence-electron chi connectivity index (χ3n) is 1.79. The van der Waals surface area contributed by atoms with Crippen molar-refractivity contribution in [3.05, 3.63) is 45.8 Å². The van der Waals surface area contributed by atoms with Gasteiger partial charge in [-0.15, -0.1) is 5.10 Å². The molecule has 1 aromatic heterocycles. The molecule has 0 bridgehead atoms. The van der Waals surface area contributed by atoms with Gasteiger partial charge in [0.25, 0.3) is 5.91 Å². The Hall–Kier alpha value is -1.57. The van der Waals surface area contributed by atoms with Gasteiger partial charge in [-0.3, -0.25) is 10.1 Å². The van der Waals surface area contributed by atoms with E-state index < -0.39 is 0 Å². The molecule has 0 unspecified atom stereocenters. The first kappa shape index (κ1) is 10.9. The van der Waals surface area contributed by atoms with Crippen molar-refractivity contribution < 1.29 is 4.79 Å². The van der Waals surface area contributed by atoms with Gasteiger partial charge in [-0.25, -0.2) is 4.98 Å². The minimum absolute atomic E-state index is 0.200. The Kier molecular flexibility index (Phi) is 3.40. The minimum atomic E-state index is -0.244. The molecule has 5 nitrogen and oxygen atoms in total. The molecule has 80 valence electrons. The quantitative estimate of drug-likeness (QED) is 0.854. The van der Waals surface area contributed by atoms with Crippen LogP contribution < -0.4 is 5.32 Å². The van der Waals surface area contributed by atoms with E-state index in [1.165, 1.54) is 12.4 Å². The number of hydrogen-bond donors (Lipinski definition) is 1. The van der Waals surface area contributed by atoms with Gasteiger partial charge in [0.05, 0.1) is 12.4 Å². The molecule has 6 heteroatoms. The van der Waals surface area contributed by atoms with Crippen LogP contribution in [0.5, 0.6) is 0 Å². The average Bonchev–Trinajstić information content (AvgIpc) is 2.30. The summed E-state index contributed by atoms with van der Waals surface area (Å²) in [7, 11) is 0. The van der Waals surface area contributed by atoms with Crippen LogP contribution in [0.1, 0.15) is 10.4 Å². The van der Waals surface area contributed by atoms with Gasteiger partial charge in [-0.2, -0.15) is 5.10 Å². The summed E-state index contributed by atoms with van der Waals surface area (Å²) in [5.74, 6) is -0.0436. The molecule has 1 aromatic carbocycles. The molecule has 0 saturated heterocycles. The molecular weight excluding hydrogens is 319 g/mol. The van der Waals surface area contributed by atoms with Crippen molar-refractivity contribution in [1.29, 1.82) is 0 Å². The van der Waals surface area contributed by atoms with Crippen molar-refractivity contribution in [2.24, 2.45) is 0 Å². The molecule has 1 N–H and O–H groups in total. The zero-order chi connectivity index (χ0) is 11.4. The minimum Gasteiger partial charge on any atom is -0.289 e. The second-order valence-corrected chi connectivity index (χ2v) is 4.18. The van der Waals surface area contributed by atoms with E-state index in [-0.39, 0.29) is 11.9 Å². The van der Waals surface area contributed by atoms with Gasteiger partial charge in [-0.05, 0) is 40.8 Å². The molecule has 1 heterocycles. The van der Waals surface area contributed by atoms with E-state index in [9.17, 15) is 4.79 Å². The third-order valence-corrected chi connectivity index (χ3v) is 2.47. The third kappa shape index (κ3) is 2.72. The van der Waals surface area contributed by atoms with Crippen molar-refractivity contribution in [2.45, 2.75) is 0 Å². The number of aromatic nitrogens is 3. The van der Waals surface area contributed by atoms with E-state index in [0.717, 1.165) is 3.57 Å². The summed E-state index contributed by atoms with van der Waals surface area (Å²) in [6.07, 6.45) is 2.92. The zero-order valence-corrected chi connectivity index (χ0v) is 10.2. The van der Waals surface area contributed by atoms with Crippen molar-refractivity contribution in [2.75, 3.05) is 5.32 Å². The lowest BCUT2D eigenvalue weighted by Crippen LogP contribution is -2.14. The number of halogens is 1. The maximum atomic E-state index is 11.7. The van der Waals surface area contributed by atoms with Gasteiger partial charge >= 0.3 is 0 Å². The standard InChI is InChI=1S/C10H7IN4O/c11-8-3-1-2-7(6-8)9(16)14-10-12-4-5-13-15-10/h1-6H,(H,12,14,15,16). The Labute approximate surface area is 105 Å². The fourth-order valence-corrected chi connectivity index (χ4v) is 1.65. The van der Waals surface area contributed by atoms with Gasteiger partial charge in [0.1, 0.15) is 0 Å². The van der Waals surface area contributed by atoms with Crippen molar-refractivity contribution in [3.8, 4) is 0 Å². The van der Waals surface area contributed by atoms with Crippen LogP contribution in [-0.2, 0) is 0 Å². The Morgan fingerprint density at radius 3 is 2.88 bits per heavy atom. The summed E-state index contributed by atoms with van der Waals surface area (Å²) in [6.45, 7) is 0. The van der Waals surface area contributed by atoms with Crippen molar-refractivity contribution in [3.63, 3.8) is 0 Å². The normalized spacial score (nSPS) is 9.81. The molecule has 2 rings (SSSR count). The summed E-state index contributed by atoms with van der Waals surface area (Å²) in [5, 5.41) is 9.85. The van der Waals surface area contributed by atoms with Crippen LogP contribution in [0.3, 0.4) is 0 Å². The average molecular weight is 326 g/mol. The number of benzene rings is 1. The molecule has 0 aliphatic heterocycles. The van der Waals surface area contributed by atoms with Crippen LogP contribution in [0.25, 0.3) is 0 Å². The first-order valence-corrected chi connectivity index (χ1v) is 5.54. The molecule has 2 aromatic rings. The molecule has 0 aliphatic carbocycles. The Morgan fingerprint density at radius 2 is 2.19 bits per heavy atom. The highest BCUT2D eigenvalue weighted by molar-refractivity contribution is 14.1. The smallest absolute Gasteiger partial charge is 0.258 e. The number of nitrogens with one attached hydrogen (secondary N) is 1. The van der Waals surface area contributed by atoms with Crippen LogP contribution in [-0.4, -0.2) is 21.1 Å². The number of nitrogens with zero attached hydrogens (tertiary/aromatic N) is 3. The first-order chi connectivity index (χ1) is 7.75. The van der Waals surface area contributed by atoms with Crippen LogP contribution in [0.15, 0.2) is 36.7 Å². The zero-order valence-electron chi connectivity index (χ0n) is 8.09. The SMILES string of the molecule is O=C(Nc1nccnn1)c1cccc(I)c1. The molecule has 0 aliphatic rings. The summed E-state index contributed by atoms with van der Waals surface area (Å²) in [6, 6.07) is 7.25.